The second-order valence-corrected chi connectivity index (χ2v) is 10.4. The van der Waals surface area contributed by atoms with Gasteiger partial charge >= 0.3 is 12.1 Å². The minimum Gasteiger partial charge on any atom is -0.465 e. The van der Waals surface area contributed by atoms with Gasteiger partial charge in [0.1, 0.15) is 17.3 Å². The number of methoxy groups -OCH3 is 1. The maximum atomic E-state index is 13.7. The van der Waals surface area contributed by atoms with Crippen molar-refractivity contribution in [2.45, 2.75) is 50.5 Å². The molecule has 1 saturated heterocycles. The second-order valence-electron chi connectivity index (χ2n) is 10.4. The number of rotatable bonds is 7. The van der Waals surface area contributed by atoms with Crippen LogP contribution in [0.25, 0.3) is 11.3 Å². The van der Waals surface area contributed by atoms with Crippen LogP contribution in [0.5, 0.6) is 0 Å². The molecule has 1 aromatic carbocycles. The Morgan fingerprint density at radius 1 is 1.11 bits per heavy atom. The molecular weight excluding hydrogens is 499 g/mol. The third-order valence-corrected chi connectivity index (χ3v) is 7.92. The van der Waals surface area contributed by atoms with E-state index in [0.717, 1.165) is 50.7 Å². The van der Waals surface area contributed by atoms with E-state index in [0.29, 0.717) is 28.7 Å². The summed E-state index contributed by atoms with van der Waals surface area (Å²) in [5.41, 5.74) is 0.587. The zero-order chi connectivity index (χ0) is 26.4. The van der Waals surface area contributed by atoms with Crippen molar-refractivity contribution in [3.05, 3.63) is 65.0 Å². The van der Waals surface area contributed by atoms with Gasteiger partial charge in [-0.05, 0) is 55.7 Å². The molecule has 0 spiro atoms. The van der Waals surface area contributed by atoms with E-state index in [2.05, 4.69) is 15.0 Å². The van der Waals surface area contributed by atoms with Gasteiger partial charge in [0, 0.05) is 36.3 Å². The first-order valence-electron chi connectivity index (χ1n) is 12.9. The molecule has 2 aromatic heterocycles. The monoisotopic (exact) mass is 527 g/mol. The highest BCUT2D eigenvalue weighted by atomic mass is 19.4. The standard InChI is InChI=1S/C28H28F3N3O4/c1-36-27(35)17-8-9-24(32-12-17)34-13-18-10-20(11-19(18)14-34)37-15-22-25(33-38-26(22)16-6-7-16)21-4-2-3-5-23(21)28(29,30)31/h2-5,8-9,12,16,18-20H,6-7,10-11,13-15H2,1H3. The van der Waals surface area contributed by atoms with Gasteiger partial charge in [0.25, 0.3) is 0 Å². The molecule has 1 aliphatic heterocycles. The molecule has 3 aliphatic rings. The minimum atomic E-state index is -4.49. The van der Waals surface area contributed by atoms with Gasteiger partial charge in [-0.1, -0.05) is 23.4 Å². The first-order valence-corrected chi connectivity index (χ1v) is 12.9. The van der Waals surface area contributed by atoms with E-state index < -0.39 is 17.7 Å². The number of carbonyl (C=O) groups is 1. The molecule has 2 aliphatic carbocycles. The van der Waals surface area contributed by atoms with E-state index in [4.69, 9.17) is 14.0 Å². The maximum Gasteiger partial charge on any atom is 0.417 e. The number of halogens is 3. The number of benzene rings is 1. The van der Waals surface area contributed by atoms with Gasteiger partial charge in [-0.3, -0.25) is 0 Å². The van der Waals surface area contributed by atoms with Crippen molar-refractivity contribution in [2.75, 3.05) is 25.1 Å². The van der Waals surface area contributed by atoms with E-state index in [1.165, 1.54) is 25.4 Å². The van der Waals surface area contributed by atoms with Crippen LogP contribution in [0.4, 0.5) is 19.0 Å². The molecule has 7 nitrogen and oxygen atoms in total. The van der Waals surface area contributed by atoms with Gasteiger partial charge in [0.05, 0.1) is 30.9 Å². The lowest BCUT2D eigenvalue weighted by atomic mass is 9.99. The zero-order valence-electron chi connectivity index (χ0n) is 20.9. The van der Waals surface area contributed by atoms with Crippen LogP contribution in [-0.2, 0) is 22.3 Å². The molecule has 3 fully saturated rings. The fourth-order valence-electron chi connectivity index (χ4n) is 5.86. The van der Waals surface area contributed by atoms with Gasteiger partial charge in [0.15, 0.2) is 0 Å². The largest absolute Gasteiger partial charge is 0.465 e. The Labute approximate surface area is 217 Å². The van der Waals surface area contributed by atoms with Crippen LogP contribution >= 0.6 is 0 Å². The highest BCUT2D eigenvalue weighted by Crippen LogP contribution is 2.47. The van der Waals surface area contributed by atoms with Crippen LogP contribution in [0, 0.1) is 11.8 Å². The summed E-state index contributed by atoms with van der Waals surface area (Å²) in [5, 5.41) is 4.09. The van der Waals surface area contributed by atoms with Gasteiger partial charge < -0.3 is 18.9 Å². The predicted molar refractivity (Wildman–Crippen MR) is 131 cm³/mol. The van der Waals surface area contributed by atoms with Crippen LogP contribution in [0.1, 0.15) is 58.8 Å². The lowest BCUT2D eigenvalue weighted by molar-refractivity contribution is -0.137. The molecule has 3 aromatic rings. The number of carbonyl (C=O) groups excluding carboxylic acids is 1. The number of anilines is 1. The number of pyridine rings is 1. The Bertz CT molecular complexity index is 1310. The summed E-state index contributed by atoms with van der Waals surface area (Å²) in [7, 11) is 1.34. The third-order valence-electron chi connectivity index (χ3n) is 7.92. The number of fused-ring (bicyclic) bond motifs is 1. The van der Waals surface area contributed by atoms with Gasteiger partial charge in [-0.25, -0.2) is 9.78 Å². The molecule has 2 unspecified atom stereocenters. The van der Waals surface area contributed by atoms with Gasteiger partial charge in [-0.15, -0.1) is 0 Å². The summed E-state index contributed by atoms with van der Waals surface area (Å²) in [4.78, 5) is 18.3. The van der Waals surface area contributed by atoms with Crippen LogP contribution in [0.2, 0.25) is 0 Å². The van der Waals surface area contributed by atoms with Crippen molar-refractivity contribution in [2.24, 2.45) is 11.8 Å². The molecule has 10 heteroatoms. The van der Waals surface area contributed by atoms with Gasteiger partial charge in [-0.2, -0.15) is 13.2 Å². The molecule has 6 rings (SSSR count). The summed E-state index contributed by atoms with van der Waals surface area (Å²) in [6.45, 7) is 1.88. The van der Waals surface area contributed by atoms with Crippen molar-refractivity contribution < 1.29 is 32.0 Å². The van der Waals surface area contributed by atoms with Crippen molar-refractivity contribution in [1.29, 1.82) is 0 Å². The number of ether oxygens (including phenoxy) is 2. The smallest absolute Gasteiger partial charge is 0.417 e. The first kappa shape index (κ1) is 24.9. The topological polar surface area (TPSA) is 77.7 Å². The number of hydrogen-bond donors (Lipinski definition) is 0. The number of alkyl halides is 3. The van der Waals surface area contributed by atoms with Crippen LogP contribution in [-0.4, -0.2) is 42.4 Å². The van der Waals surface area contributed by atoms with Crippen LogP contribution in [0.3, 0.4) is 0 Å². The van der Waals surface area contributed by atoms with Crippen molar-refractivity contribution in [3.8, 4) is 11.3 Å². The Balaban J connectivity index is 1.13. The SMILES string of the molecule is COC(=O)c1ccc(N2CC3CC(OCc4c(-c5ccccc5C(F)(F)F)noc4C4CC4)CC3C2)nc1. The average molecular weight is 528 g/mol. The molecule has 2 atom stereocenters. The summed E-state index contributed by atoms with van der Waals surface area (Å²) < 4.78 is 57.8. The van der Waals surface area contributed by atoms with E-state index in [9.17, 15) is 18.0 Å². The number of nitrogens with zero attached hydrogens (tertiary/aromatic N) is 3. The Hall–Kier alpha value is -3.40. The molecule has 0 bridgehead atoms. The maximum absolute atomic E-state index is 13.7. The summed E-state index contributed by atoms with van der Waals surface area (Å²) >= 11 is 0. The quantitative estimate of drug-likeness (QED) is 0.357. The average Bonchev–Trinajstić information content (AvgIpc) is 3.37. The number of aromatic nitrogens is 2. The minimum absolute atomic E-state index is 0.0227. The van der Waals surface area contributed by atoms with Crippen molar-refractivity contribution in [1.82, 2.24) is 10.1 Å². The second kappa shape index (κ2) is 9.72. The van der Waals surface area contributed by atoms with Crippen molar-refractivity contribution >= 4 is 11.8 Å². The molecule has 0 radical (unpaired) electrons. The van der Waals surface area contributed by atoms with Crippen LogP contribution < -0.4 is 4.90 Å². The van der Waals surface area contributed by atoms with Crippen LogP contribution in [0.15, 0.2) is 47.1 Å². The van der Waals surface area contributed by atoms with E-state index in [1.54, 1.807) is 12.1 Å². The predicted octanol–water partition coefficient (Wildman–Crippen LogP) is 5.85. The lowest BCUT2D eigenvalue weighted by Crippen LogP contribution is -2.24. The normalized spacial score (nSPS) is 23.1. The summed E-state index contributed by atoms with van der Waals surface area (Å²) in [6, 6.07) is 9.05. The van der Waals surface area contributed by atoms with E-state index in [1.807, 2.05) is 6.07 Å². The fraction of sp³-hybridized carbons (Fsp3) is 0.464. The first-order chi connectivity index (χ1) is 18.3. The van der Waals surface area contributed by atoms with Crippen molar-refractivity contribution in [3.63, 3.8) is 0 Å². The summed E-state index contributed by atoms with van der Waals surface area (Å²) in [6.07, 6.45) is 0.707. The number of esters is 1. The van der Waals surface area contributed by atoms with Gasteiger partial charge in [0.2, 0.25) is 0 Å². The molecule has 200 valence electrons. The fourth-order valence-corrected chi connectivity index (χ4v) is 5.86. The highest BCUT2D eigenvalue weighted by Gasteiger charge is 2.43. The van der Waals surface area contributed by atoms with E-state index in [-0.39, 0.29) is 29.9 Å². The zero-order valence-corrected chi connectivity index (χ0v) is 20.9. The Kier molecular flexibility index (Phi) is 6.37. The number of hydrogen-bond acceptors (Lipinski definition) is 7. The summed E-state index contributed by atoms with van der Waals surface area (Å²) in [5.74, 6) is 2.15. The molecule has 0 N–H and O–H groups in total. The highest BCUT2D eigenvalue weighted by molar-refractivity contribution is 5.89. The molecule has 3 heterocycles. The molecule has 38 heavy (non-hydrogen) atoms. The third kappa shape index (κ3) is 4.77. The van der Waals surface area contributed by atoms with E-state index >= 15 is 0 Å². The molecule has 0 amide bonds. The Morgan fingerprint density at radius 2 is 1.84 bits per heavy atom. The Morgan fingerprint density at radius 3 is 2.47 bits per heavy atom. The lowest BCUT2D eigenvalue weighted by Gasteiger charge is -2.20. The molecular formula is C28H28F3N3O4. The molecule has 2 saturated carbocycles.